The van der Waals surface area contributed by atoms with Gasteiger partial charge in [0.1, 0.15) is 5.75 Å². The molecule has 2 rings (SSSR count). The fourth-order valence-electron chi connectivity index (χ4n) is 2.16. The Hall–Kier alpha value is -0.990. The summed E-state index contributed by atoms with van der Waals surface area (Å²) in [5.41, 5.74) is 1.28. The molecule has 0 spiro atoms. The van der Waals surface area contributed by atoms with Crippen molar-refractivity contribution in [3.63, 3.8) is 0 Å². The molecule has 0 radical (unpaired) electrons. The molecule has 0 aliphatic carbocycles. The Morgan fingerprint density at radius 3 is 2.40 bits per heavy atom. The molecule has 0 N–H and O–H groups in total. The SMILES string of the molecule is ClCC(CCCOc1ccccc1)c1ccccc1Br. The first-order valence-electron chi connectivity index (χ1n) is 6.79. The summed E-state index contributed by atoms with van der Waals surface area (Å²) in [5.74, 6) is 1.93. The molecule has 0 bridgehead atoms. The van der Waals surface area contributed by atoms with E-state index >= 15 is 0 Å². The van der Waals surface area contributed by atoms with Crippen LogP contribution >= 0.6 is 27.5 Å². The molecule has 1 unspecified atom stereocenters. The minimum absolute atomic E-state index is 0.367. The maximum absolute atomic E-state index is 6.11. The van der Waals surface area contributed by atoms with Crippen LogP contribution in [-0.4, -0.2) is 12.5 Å². The van der Waals surface area contributed by atoms with Crippen LogP contribution in [-0.2, 0) is 0 Å². The Kier molecular flexibility index (Phi) is 6.41. The molecule has 2 aromatic carbocycles. The van der Waals surface area contributed by atoms with Crippen LogP contribution < -0.4 is 4.74 Å². The second kappa shape index (κ2) is 8.33. The molecule has 0 fully saturated rings. The van der Waals surface area contributed by atoms with Crippen LogP contribution in [0.4, 0.5) is 0 Å². The maximum atomic E-state index is 6.11. The van der Waals surface area contributed by atoms with Crippen LogP contribution in [0.3, 0.4) is 0 Å². The van der Waals surface area contributed by atoms with Gasteiger partial charge < -0.3 is 4.74 Å². The number of hydrogen-bond donors (Lipinski definition) is 0. The molecule has 0 aromatic heterocycles. The van der Waals surface area contributed by atoms with Crippen LogP contribution in [0.15, 0.2) is 59.1 Å². The van der Waals surface area contributed by atoms with Crippen molar-refractivity contribution in [2.75, 3.05) is 12.5 Å². The van der Waals surface area contributed by atoms with Gasteiger partial charge in [0, 0.05) is 10.4 Å². The Morgan fingerprint density at radius 1 is 1.00 bits per heavy atom. The highest BCUT2D eigenvalue weighted by molar-refractivity contribution is 9.10. The number of alkyl halides is 1. The van der Waals surface area contributed by atoms with Crippen molar-refractivity contribution in [3.05, 3.63) is 64.6 Å². The van der Waals surface area contributed by atoms with Crippen molar-refractivity contribution in [3.8, 4) is 5.75 Å². The first-order chi connectivity index (χ1) is 9.81. The van der Waals surface area contributed by atoms with Gasteiger partial charge in [-0.3, -0.25) is 0 Å². The lowest BCUT2D eigenvalue weighted by Gasteiger charge is -2.16. The van der Waals surface area contributed by atoms with E-state index < -0.39 is 0 Å². The second-order valence-electron chi connectivity index (χ2n) is 4.68. The van der Waals surface area contributed by atoms with Crippen molar-refractivity contribution in [2.24, 2.45) is 0 Å². The zero-order valence-electron chi connectivity index (χ0n) is 11.3. The minimum atomic E-state index is 0.367. The van der Waals surface area contributed by atoms with E-state index in [1.165, 1.54) is 5.56 Å². The highest BCUT2D eigenvalue weighted by Gasteiger charge is 2.12. The molecule has 1 nitrogen and oxygen atoms in total. The molecule has 0 aliphatic heterocycles. The molecule has 20 heavy (non-hydrogen) atoms. The van der Waals surface area contributed by atoms with Crippen molar-refractivity contribution in [1.82, 2.24) is 0 Å². The van der Waals surface area contributed by atoms with E-state index in [0.717, 1.165) is 29.7 Å². The molecule has 0 amide bonds. The van der Waals surface area contributed by atoms with Crippen molar-refractivity contribution >= 4 is 27.5 Å². The third-order valence-electron chi connectivity index (χ3n) is 3.24. The standard InChI is InChI=1S/C17H18BrClO/c18-17-11-5-4-10-16(17)14(13-19)7-6-12-20-15-8-2-1-3-9-15/h1-5,8-11,14H,6-7,12-13H2. The first kappa shape index (κ1) is 15.4. The van der Waals surface area contributed by atoms with Crippen molar-refractivity contribution < 1.29 is 4.74 Å². The number of hydrogen-bond acceptors (Lipinski definition) is 1. The molecule has 3 heteroatoms. The molecule has 106 valence electrons. The minimum Gasteiger partial charge on any atom is -0.494 e. The zero-order chi connectivity index (χ0) is 14.2. The Labute approximate surface area is 134 Å². The Morgan fingerprint density at radius 2 is 1.70 bits per heavy atom. The smallest absolute Gasteiger partial charge is 0.119 e. The van der Waals surface area contributed by atoms with Gasteiger partial charge in [-0.25, -0.2) is 0 Å². The highest BCUT2D eigenvalue weighted by Crippen LogP contribution is 2.29. The average molecular weight is 354 g/mol. The van der Waals surface area contributed by atoms with E-state index in [1.54, 1.807) is 0 Å². The van der Waals surface area contributed by atoms with Gasteiger partial charge in [-0.1, -0.05) is 52.3 Å². The van der Waals surface area contributed by atoms with Crippen LogP contribution in [0, 0.1) is 0 Å². The zero-order valence-corrected chi connectivity index (χ0v) is 13.6. The molecular formula is C17H18BrClO. The van der Waals surface area contributed by atoms with Gasteiger partial charge >= 0.3 is 0 Å². The lowest BCUT2D eigenvalue weighted by Crippen LogP contribution is -2.05. The Balaban J connectivity index is 1.81. The molecule has 2 aromatic rings. The van der Waals surface area contributed by atoms with E-state index in [-0.39, 0.29) is 0 Å². The molecular weight excluding hydrogens is 336 g/mol. The summed E-state index contributed by atoms with van der Waals surface area (Å²) in [5, 5.41) is 0. The van der Waals surface area contributed by atoms with Crippen molar-refractivity contribution in [2.45, 2.75) is 18.8 Å². The molecule has 0 saturated heterocycles. The van der Waals surface area contributed by atoms with Gasteiger partial charge in [-0.2, -0.15) is 0 Å². The monoisotopic (exact) mass is 352 g/mol. The topological polar surface area (TPSA) is 9.23 Å². The normalized spacial score (nSPS) is 12.1. The maximum Gasteiger partial charge on any atom is 0.119 e. The van der Waals surface area contributed by atoms with Crippen LogP contribution in [0.1, 0.15) is 24.3 Å². The highest BCUT2D eigenvalue weighted by atomic mass is 79.9. The van der Waals surface area contributed by atoms with Crippen LogP contribution in [0.5, 0.6) is 5.75 Å². The van der Waals surface area contributed by atoms with E-state index in [4.69, 9.17) is 16.3 Å². The van der Waals surface area contributed by atoms with Gasteiger partial charge in [0.2, 0.25) is 0 Å². The van der Waals surface area contributed by atoms with Gasteiger partial charge in [0.05, 0.1) is 6.61 Å². The molecule has 0 aliphatic rings. The van der Waals surface area contributed by atoms with Crippen LogP contribution in [0.25, 0.3) is 0 Å². The summed E-state index contributed by atoms with van der Waals surface area (Å²) >= 11 is 9.70. The van der Waals surface area contributed by atoms with Gasteiger partial charge in [0.15, 0.2) is 0 Å². The van der Waals surface area contributed by atoms with E-state index in [2.05, 4.69) is 34.1 Å². The van der Waals surface area contributed by atoms with Gasteiger partial charge in [-0.15, -0.1) is 11.6 Å². The summed E-state index contributed by atoms with van der Waals surface area (Å²) in [6.45, 7) is 0.724. The summed E-state index contributed by atoms with van der Waals surface area (Å²) in [4.78, 5) is 0. The van der Waals surface area contributed by atoms with Gasteiger partial charge in [-0.05, 0) is 42.5 Å². The number of benzene rings is 2. The second-order valence-corrected chi connectivity index (χ2v) is 5.84. The number of ether oxygens (including phenoxy) is 1. The largest absolute Gasteiger partial charge is 0.494 e. The van der Waals surface area contributed by atoms with E-state index in [0.29, 0.717) is 11.8 Å². The summed E-state index contributed by atoms with van der Waals surface area (Å²) in [7, 11) is 0. The predicted octanol–water partition coefficient (Wildman–Crippen LogP) is 5.63. The average Bonchev–Trinajstić information content (AvgIpc) is 2.50. The molecule has 0 saturated carbocycles. The predicted molar refractivity (Wildman–Crippen MR) is 88.8 cm³/mol. The number of para-hydroxylation sites is 1. The molecule has 1 atom stereocenters. The van der Waals surface area contributed by atoms with E-state index in [9.17, 15) is 0 Å². The van der Waals surface area contributed by atoms with E-state index in [1.807, 2.05) is 36.4 Å². The fourth-order valence-corrected chi connectivity index (χ4v) is 3.09. The first-order valence-corrected chi connectivity index (χ1v) is 8.12. The fraction of sp³-hybridized carbons (Fsp3) is 0.294. The Bertz CT molecular complexity index is 515. The van der Waals surface area contributed by atoms with Crippen LogP contribution in [0.2, 0.25) is 0 Å². The summed E-state index contributed by atoms with van der Waals surface area (Å²) < 4.78 is 6.85. The van der Waals surface area contributed by atoms with Gasteiger partial charge in [0.25, 0.3) is 0 Å². The van der Waals surface area contributed by atoms with Crippen molar-refractivity contribution in [1.29, 1.82) is 0 Å². The summed E-state index contributed by atoms with van der Waals surface area (Å²) in [6, 6.07) is 18.2. The number of halogens is 2. The molecule has 0 heterocycles. The third kappa shape index (κ3) is 4.53. The number of rotatable bonds is 7. The lowest BCUT2D eigenvalue weighted by atomic mass is 9.96. The lowest BCUT2D eigenvalue weighted by molar-refractivity contribution is 0.303. The quantitative estimate of drug-likeness (QED) is 0.463. The third-order valence-corrected chi connectivity index (χ3v) is 4.33. The summed E-state index contributed by atoms with van der Waals surface area (Å²) in [6.07, 6.45) is 2.02.